The molecule has 3 atom stereocenters. The predicted octanol–water partition coefficient (Wildman–Crippen LogP) is 35.3. The Morgan fingerprint density at radius 1 is 0.313 bits per heavy atom. The zero-order valence-corrected chi connectivity index (χ0v) is 86.7. The van der Waals surface area contributed by atoms with E-state index in [0.717, 1.165) is 130 Å². The van der Waals surface area contributed by atoms with E-state index in [4.69, 9.17) is 24.4 Å². The summed E-state index contributed by atoms with van der Waals surface area (Å²) in [4.78, 5) is 23.9. The van der Waals surface area contributed by atoms with Gasteiger partial charge in [-0.2, -0.15) is 0 Å². The summed E-state index contributed by atoms with van der Waals surface area (Å²) in [6.45, 7) is 22.2. The zero-order valence-electron chi connectivity index (χ0n) is 83.5. The Kier molecular flexibility index (Phi) is 24.2. The standard InChI is InChI=1S/C63H50N7O.C52H38N2S.C18H17N2.Ir/c1-6-42(33-39(3)43-20-22-44(23-21-43)63-67-29-30-68(63)61-40(4)31-38(2)32-41(61)5)45-13-9-14-48(34-45)69-52-25-24-46(35-51(52)58-53(69)16-10-26-64-58)47-36-50-49-15-7-8-19-57(49)71-62(50)56(37-47)70-54-17-11-27-65-59(54)60-55(70)18-12-28-66-60;1-3-33(2)34-12-10-14-39(28-34)54-49-21-9-6-18-43(49)44-30-36(22-25-50(44)54)38-24-27-52-46(32-38)45-31-37(23-26-51(45)55-52)35-13-11-15-40(29-35)53-47-19-7-4-16-41(47)42-17-5-8-20-48(42)53;1-13-11-14(2)17(15(3)12-13)20-10-9-19-18(20)16-7-5-4-6-8-16;/h7-22,24-32,34-37,39,42H,6,33H2,1-5H3;4-33H,3H2,1-2H3;4-7,9-12H,1-3H3;/q-1;;-1;. The van der Waals surface area contributed by atoms with Crippen molar-refractivity contribution < 1.29 is 24.5 Å². The van der Waals surface area contributed by atoms with E-state index >= 15 is 0 Å². The summed E-state index contributed by atoms with van der Waals surface area (Å²) in [5.74, 6) is 3.05. The quantitative estimate of drug-likeness (QED) is 0.0792. The first-order valence-corrected chi connectivity index (χ1v) is 51.5. The van der Waals surface area contributed by atoms with Crippen LogP contribution in [0.3, 0.4) is 0 Å². The van der Waals surface area contributed by atoms with Gasteiger partial charge in [-0.1, -0.05) is 202 Å². The summed E-state index contributed by atoms with van der Waals surface area (Å²) in [6.07, 6.45) is 16.5. The van der Waals surface area contributed by atoms with Crippen molar-refractivity contribution in [2.24, 2.45) is 0 Å². The van der Waals surface area contributed by atoms with Crippen LogP contribution in [-0.4, -0.2) is 52.3 Å². The first kappa shape index (κ1) is 92.7. The smallest absolute Gasteiger partial charge is 0.159 e. The molecule has 0 spiro atoms. The third-order valence-electron chi connectivity index (χ3n) is 30.0. The Morgan fingerprint density at radius 2 is 0.762 bits per heavy atom. The third-order valence-corrected chi connectivity index (χ3v) is 31.1. The van der Waals surface area contributed by atoms with E-state index in [1.54, 1.807) is 0 Å². The second-order valence-corrected chi connectivity index (χ2v) is 40.4. The second kappa shape index (κ2) is 38.4. The van der Waals surface area contributed by atoms with Crippen molar-refractivity contribution in [1.29, 1.82) is 0 Å². The Labute approximate surface area is 871 Å². The van der Waals surface area contributed by atoms with Crippen LogP contribution in [0.5, 0.6) is 0 Å². The average Bonchev–Trinajstić information content (AvgIpc) is 1.57. The molecule has 0 saturated carbocycles. The largest absolute Gasteiger partial charge is 0.454 e. The zero-order chi connectivity index (χ0) is 98.6. The minimum absolute atomic E-state index is 0. The molecule has 0 aliphatic heterocycles. The molecule has 0 fully saturated rings. The van der Waals surface area contributed by atoms with E-state index in [9.17, 15) is 0 Å². The molecule has 12 nitrogen and oxygen atoms in total. The number of fused-ring (bicyclic) bond motifs is 18. The molecule has 27 rings (SSSR count). The summed E-state index contributed by atoms with van der Waals surface area (Å²) in [5, 5.41) is 11.0. The molecule has 1 radical (unpaired) electrons. The maximum atomic E-state index is 6.72. The number of thiophene rings is 1. The fraction of sp³-hybridized carbons (Fsp3) is 0.120. The van der Waals surface area contributed by atoms with Gasteiger partial charge in [0.2, 0.25) is 0 Å². The third kappa shape index (κ3) is 16.5. The summed E-state index contributed by atoms with van der Waals surface area (Å²) in [5.41, 5.74) is 40.9. The number of hydrogen-bond donors (Lipinski definition) is 0. The molecule has 147 heavy (non-hydrogen) atoms. The molecular weight excluding hydrogens is 1990 g/mol. The minimum Gasteiger partial charge on any atom is -0.454 e. The summed E-state index contributed by atoms with van der Waals surface area (Å²) < 4.78 is 23.2. The predicted molar refractivity (Wildman–Crippen MR) is 609 cm³/mol. The van der Waals surface area contributed by atoms with Crippen molar-refractivity contribution in [3.63, 3.8) is 0 Å². The second-order valence-electron chi connectivity index (χ2n) is 39.3. The van der Waals surface area contributed by atoms with Crippen LogP contribution in [0, 0.1) is 53.7 Å². The topological polar surface area (TPSA) is 107 Å². The van der Waals surface area contributed by atoms with E-state index in [1.807, 2.05) is 103 Å². The molecule has 0 amide bonds. The molecule has 0 N–H and O–H groups in total. The average molecular weight is 2100 g/mol. The Balaban J connectivity index is 0.000000134. The number of imidazole rings is 2. The Hall–Kier alpha value is -16.7. The number of hydrogen-bond acceptors (Lipinski definition) is 7. The fourth-order valence-electron chi connectivity index (χ4n) is 23.0. The number of rotatable bonds is 18. The summed E-state index contributed by atoms with van der Waals surface area (Å²) in [7, 11) is 0. The molecule has 27 aromatic rings. The van der Waals surface area contributed by atoms with Crippen molar-refractivity contribution in [2.45, 2.75) is 106 Å². The van der Waals surface area contributed by atoms with Gasteiger partial charge in [0.05, 0.1) is 67.0 Å². The van der Waals surface area contributed by atoms with E-state index in [1.165, 1.54) is 159 Å². The first-order chi connectivity index (χ1) is 71.6. The molecule has 0 saturated heterocycles. The van der Waals surface area contributed by atoms with Crippen molar-refractivity contribution in [3.8, 4) is 90.3 Å². The van der Waals surface area contributed by atoms with Gasteiger partial charge in [-0.25, -0.2) is 0 Å². The van der Waals surface area contributed by atoms with E-state index in [-0.39, 0.29) is 20.1 Å². The van der Waals surface area contributed by atoms with Gasteiger partial charge in [-0.3, -0.25) is 24.9 Å². The molecule has 16 aromatic carbocycles. The van der Waals surface area contributed by atoms with Gasteiger partial charge in [0.1, 0.15) is 16.6 Å². The van der Waals surface area contributed by atoms with Crippen LogP contribution in [0.15, 0.2) is 406 Å². The van der Waals surface area contributed by atoms with Crippen molar-refractivity contribution in [2.75, 3.05) is 0 Å². The maximum absolute atomic E-state index is 6.72. The molecule has 11 heterocycles. The van der Waals surface area contributed by atoms with Gasteiger partial charge in [0.15, 0.2) is 5.58 Å². The van der Waals surface area contributed by atoms with Gasteiger partial charge in [0.25, 0.3) is 0 Å². The number of para-hydroxylation sites is 4. The van der Waals surface area contributed by atoms with E-state index < -0.39 is 0 Å². The van der Waals surface area contributed by atoms with Crippen LogP contribution in [0.4, 0.5) is 0 Å². The molecule has 0 bridgehead atoms. The number of benzene rings is 16. The van der Waals surface area contributed by atoms with Crippen molar-refractivity contribution >= 4 is 141 Å². The maximum Gasteiger partial charge on any atom is 0.159 e. The SMILES string of the molecule is CCC(C)c1cccc(-n2c3ccccc3c3cc(-c4ccc5sc6ccc(-c7cccc(-n8c9ccccc9c9ccccc98)c7)cc6c5c4)ccc32)c1.CCC(CC(C)c1c[c-]c(-c2nccn2-c2c(C)cc(C)cc2C)cc1)c1cccc(-n2c3ccc(-c4cc(-n5c6cccnc6c6ncccc65)c5oc6ccccc6c5c4)cc3c3ncccc32)c1.Cc1cc(C)c(-n2ccnc2-c2[c-]cccc2)c(C)c1.[Ir]. The number of pyridine rings is 3. The molecule has 3 unspecified atom stereocenters. The van der Waals surface area contributed by atoms with Crippen LogP contribution in [0.1, 0.15) is 115 Å². The Morgan fingerprint density at radius 3 is 1.32 bits per heavy atom. The number of furan rings is 1. The van der Waals surface area contributed by atoms with Gasteiger partial charge in [-0.15, -0.1) is 82.6 Å². The van der Waals surface area contributed by atoms with Gasteiger partial charge >= 0.3 is 0 Å². The van der Waals surface area contributed by atoms with Gasteiger partial charge in [0, 0.05) is 150 Å². The molecule has 0 aliphatic rings. The number of nitrogens with zero attached hydrogens (tertiary/aromatic N) is 11. The van der Waals surface area contributed by atoms with Crippen LogP contribution in [0.25, 0.3) is 220 Å². The van der Waals surface area contributed by atoms with E-state index in [2.05, 4.69) is 423 Å². The molecule has 11 aromatic heterocycles. The van der Waals surface area contributed by atoms with Gasteiger partial charge < -0.3 is 31.8 Å². The monoisotopic (exact) mass is 2100 g/mol. The summed E-state index contributed by atoms with van der Waals surface area (Å²) in [6, 6.07) is 137. The first-order valence-electron chi connectivity index (χ1n) is 50.7. The van der Waals surface area contributed by atoms with E-state index in [0.29, 0.717) is 17.8 Å². The van der Waals surface area contributed by atoms with Crippen LogP contribution in [-0.2, 0) is 20.1 Å². The fourth-order valence-corrected chi connectivity index (χ4v) is 24.1. The molecule has 715 valence electrons. The number of aromatic nitrogens is 11. The van der Waals surface area contributed by atoms with Crippen LogP contribution in [0.2, 0.25) is 0 Å². The summed E-state index contributed by atoms with van der Waals surface area (Å²) >= 11 is 1.88. The van der Waals surface area contributed by atoms with Crippen molar-refractivity contribution in [1.82, 2.24) is 52.3 Å². The molecule has 0 aliphatic carbocycles. The molecular formula is C133H105IrN11OS-2. The van der Waals surface area contributed by atoms with Gasteiger partial charge in [-0.05, 0) is 297 Å². The minimum atomic E-state index is 0. The van der Waals surface area contributed by atoms with Crippen LogP contribution < -0.4 is 0 Å². The van der Waals surface area contributed by atoms with Crippen LogP contribution >= 0.6 is 11.3 Å². The van der Waals surface area contributed by atoms with Crippen molar-refractivity contribution in [3.05, 3.63) is 463 Å². The molecule has 14 heteroatoms. The number of aryl methyl sites for hydroxylation is 6. The Bertz CT molecular complexity index is 9650. The normalized spacial score (nSPS) is 12.4.